The highest BCUT2D eigenvalue weighted by Crippen LogP contribution is 2.33. The van der Waals surface area contributed by atoms with Gasteiger partial charge >= 0.3 is 0 Å². The number of para-hydroxylation sites is 1. The SMILES string of the molecule is CN(C)CCn1c2ccccc2c2sc3ccccc3c(=O)c21. The molecule has 4 aromatic rings. The molecular formula is C19H18N2OS. The summed E-state index contributed by atoms with van der Waals surface area (Å²) in [6.07, 6.45) is 0. The van der Waals surface area contributed by atoms with Gasteiger partial charge in [0.2, 0.25) is 5.43 Å². The Morgan fingerprint density at radius 1 is 1.00 bits per heavy atom. The minimum atomic E-state index is 0.143. The normalized spacial score (nSPS) is 12.0. The lowest BCUT2D eigenvalue weighted by atomic mass is 10.2. The Morgan fingerprint density at radius 2 is 1.70 bits per heavy atom. The van der Waals surface area contributed by atoms with E-state index in [4.69, 9.17) is 0 Å². The van der Waals surface area contributed by atoms with Gasteiger partial charge in [0.15, 0.2) is 0 Å². The monoisotopic (exact) mass is 322 g/mol. The van der Waals surface area contributed by atoms with E-state index in [0.29, 0.717) is 0 Å². The Bertz CT molecular complexity index is 1080. The molecule has 0 spiro atoms. The Balaban J connectivity index is 2.15. The summed E-state index contributed by atoms with van der Waals surface area (Å²) < 4.78 is 4.35. The zero-order valence-corrected chi connectivity index (χ0v) is 14.1. The predicted octanol–water partition coefficient (Wildman–Crippen LogP) is 3.93. The molecule has 0 aliphatic carbocycles. The molecule has 0 aliphatic heterocycles. The molecule has 0 bridgehead atoms. The van der Waals surface area contributed by atoms with Crippen LogP contribution in [0.2, 0.25) is 0 Å². The molecule has 0 atom stereocenters. The van der Waals surface area contributed by atoms with E-state index in [-0.39, 0.29) is 5.43 Å². The van der Waals surface area contributed by atoms with Gasteiger partial charge in [-0.3, -0.25) is 4.79 Å². The van der Waals surface area contributed by atoms with Gasteiger partial charge in [0.1, 0.15) is 5.52 Å². The van der Waals surface area contributed by atoms with Crippen molar-refractivity contribution in [3.63, 3.8) is 0 Å². The summed E-state index contributed by atoms with van der Waals surface area (Å²) in [5.74, 6) is 0. The molecule has 0 aliphatic rings. The quantitative estimate of drug-likeness (QED) is 0.571. The van der Waals surface area contributed by atoms with Crippen molar-refractivity contribution in [2.75, 3.05) is 20.6 Å². The van der Waals surface area contributed by atoms with E-state index in [0.717, 1.165) is 38.9 Å². The molecule has 0 radical (unpaired) electrons. The molecular weight excluding hydrogens is 304 g/mol. The van der Waals surface area contributed by atoms with E-state index in [1.165, 1.54) is 5.39 Å². The third kappa shape index (κ3) is 2.26. The minimum Gasteiger partial charge on any atom is -0.335 e. The number of benzene rings is 2. The first kappa shape index (κ1) is 14.4. The van der Waals surface area contributed by atoms with Crippen molar-refractivity contribution in [2.24, 2.45) is 0 Å². The number of fused-ring (bicyclic) bond motifs is 4. The first-order chi connectivity index (χ1) is 11.2. The Morgan fingerprint density at radius 3 is 2.48 bits per heavy atom. The van der Waals surface area contributed by atoms with Crippen molar-refractivity contribution >= 4 is 42.5 Å². The van der Waals surface area contributed by atoms with E-state index >= 15 is 0 Å². The molecule has 0 amide bonds. The Labute approximate surface area is 138 Å². The fourth-order valence-electron chi connectivity index (χ4n) is 3.11. The van der Waals surface area contributed by atoms with Crippen LogP contribution < -0.4 is 5.43 Å². The molecule has 4 rings (SSSR count). The molecule has 4 heteroatoms. The topological polar surface area (TPSA) is 25.2 Å². The van der Waals surface area contributed by atoms with Crippen LogP contribution in [0.3, 0.4) is 0 Å². The fraction of sp³-hybridized carbons (Fsp3) is 0.211. The third-order valence-electron chi connectivity index (χ3n) is 4.25. The first-order valence-corrected chi connectivity index (χ1v) is 8.56. The summed E-state index contributed by atoms with van der Waals surface area (Å²) in [7, 11) is 4.12. The minimum absolute atomic E-state index is 0.143. The summed E-state index contributed by atoms with van der Waals surface area (Å²) in [4.78, 5) is 15.2. The largest absolute Gasteiger partial charge is 0.335 e. The maximum atomic E-state index is 13.1. The summed E-state index contributed by atoms with van der Waals surface area (Å²) in [6, 6.07) is 16.2. The highest BCUT2D eigenvalue weighted by atomic mass is 32.1. The fourth-order valence-corrected chi connectivity index (χ4v) is 4.33. The molecule has 0 fully saturated rings. The second kappa shape index (κ2) is 5.48. The van der Waals surface area contributed by atoms with Crippen molar-refractivity contribution in [2.45, 2.75) is 6.54 Å². The zero-order chi connectivity index (χ0) is 16.0. The molecule has 2 aromatic carbocycles. The van der Waals surface area contributed by atoms with Crippen LogP contribution in [0.5, 0.6) is 0 Å². The third-order valence-corrected chi connectivity index (χ3v) is 5.45. The molecule has 0 unspecified atom stereocenters. The summed E-state index contributed by atoms with van der Waals surface area (Å²) in [5, 5.41) is 1.99. The van der Waals surface area contributed by atoms with E-state index in [1.54, 1.807) is 11.3 Å². The van der Waals surface area contributed by atoms with Gasteiger partial charge in [-0.1, -0.05) is 30.3 Å². The van der Waals surface area contributed by atoms with Crippen LogP contribution in [0.15, 0.2) is 53.3 Å². The van der Waals surface area contributed by atoms with Crippen LogP contribution in [0.1, 0.15) is 0 Å². The summed E-state index contributed by atoms with van der Waals surface area (Å²) >= 11 is 1.72. The smallest absolute Gasteiger partial charge is 0.212 e. The van der Waals surface area contributed by atoms with Crippen molar-refractivity contribution in [1.29, 1.82) is 0 Å². The van der Waals surface area contributed by atoms with Crippen LogP contribution in [-0.4, -0.2) is 30.1 Å². The summed E-state index contributed by atoms with van der Waals surface area (Å²) in [6.45, 7) is 1.72. The molecule has 2 heterocycles. The molecule has 23 heavy (non-hydrogen) atoms. The van der Waals surface area contributed by atoms with Crippen LogP contribution in [0.4, 0.5) is 0 Å². The standard InChI is InChI=1S/C19H18N2OS/c1-20(2)11-12-21-15-9-5-3-7-13(15)19-17(21)18(22)14-8-4-6-10-16(14)23-19/h3-10H,11-12H2,1-2H3. The maximum absolute atomic E-state index is 13.1. The molecule has 0 saturated carbocycles. The van der Waals surface area contributed by atoms with Crippen molar-refractivity contribution in [3.05, 3.63) is 58.8 Å². The number of rotatable bonds is 3. The van der Waals surface area contributed by atoms with Crippen molar-refractivity contribution in [3.8, 4) is 0 Å². The van der Waals surface area contributed by atoms with E-state index in [1.807, 2.05) is 36.4 Å². The van der Waals surface area contributed by atoms with Gasteiger partial charge in [-0.15, -0.1) is 11.3 Å². The average Bonchev–Trinajstić information content (AvgIpc) is 2.87. The van der Waals surface area contributed by atoms with Gasteiger partial charge in [-0.2, -0.15) is 0 Å². The second-order valence-electron chi connectivity index (χ2n) is 6.08. The highest BCUT2D eigenvalue weighted by Gasteiger charge is 2.16. The average molecular weight is 322 g/mol. The van der Waals surface area contributed by atoms with Crippen LogP contribution in [-0.2, 0) is 6.54 Å². The lowest BCUT2D eigenvalue weighted by Crippen LogP contribution is -2.19. The lowest BCUT2D eigenvalue weighted by molar-refractivity contribution is 0.389. The number of hydrogen-bond acceptors (Lipinski definition) is 3. The van der Waals surface area contributed by atoms with Crippen LogP contribution >= 0.6 is 11.3 Å². The maximum Gasteiger partial charge on any atom is 0.212 e. The van der Waals surface area contributed by atoms with Gasteiger partial charge < -0.3 is 9.47 Å². The Kier molecular flexibility index (Phi) is 3.43. The van der Waals surface area contributed by atoms with Gasteiger partial charge in [0.05, 0.1) is 10.2 Å². The number of aromatic nitrogens is 1. The number of likely N-dealkylation sites (N-methyl/N-ethyl adjacent to an activating group) is 1. The number of hydrogen-bond donors (Lipinski definition) is 0. The predicted molar refractivity (Wildman–Crippen MR) is 99.7 cm³/mol. The van der Waals surface area contributed by atoms with Gasteiger partial charge in [0, 0.05) is 28.6 Å². The molecule has 0 N–H and O–H groups in total. The van der Waals surface area contributed by atoms with E-state index < -0.39 is 0 Å². The Hall–Kier alpha value is -2.17. The van der Waals surface area contributed by atoms with E-state index in [2.05, 4.69) is 35.7 Å². The molecule has 116 valence electrons. The van der Waals surface area contributed by atoms with E-state index in [9.17, 15) is 4.79 Å². The summed E-state index contributed by atoms with van der Waals surface area (Å²) in [5.41, 5.74) is 2.13. The van der Waals surface area contributed by atoms with Crippen molar-refractivity contribution in [1.82, 2.24) is 9.47 Å². The highest BCUT2D eigenvalue weighted by molar-refractivity contribution is 7.25. The van der Waals surface area contributed by atoms with Gasteiger partial charge in [0.25, 0.3) is 0 Å². The molecule has 3 nitrogen and oxygen atoms in total. The number of nitrogens with zero attached hydrogens (tertiary/aromatic N) is 2. The van der Waals surface area contributed by atoms with Crippen LogP contribution in [0.25, 0.3) is 31.2 Å². The second-order valence-corrected chi connectivity index (χ2v) is 7.13. The van der Waals surface area contributed by atoms with Gasteiger partial charge in [-0.05, 0) is 32.3 Å². The van der Waals surface area contributed by atoms with Crippen molar-refractivity contribution < 1.29 is 0 Å². The zero-order valence-electron chi connectivity index (χ0n) is 13.2. The van der Waals surface area contributed by atoms with Gasteiger partial charge in [-0.25, -0.2) is 0 Å². The first-order valence-electron chi connectivity index (χ1n) is 7.74. The van der Waals surface area contributed by atoms with Crippen LogP contribution in [0, 0.1) is 0 Å². The molecule has 2 aromatic heterocycles. The molecule has 0 saturated heterocycles. The lowest BCUT2D eigenvalue weighted by Gasteiger charge is -2.12.